The molecule has 1 aliphatic heterocycles. The van der Waals surface area contributed by atoms with Crippen molar-refractivity contribution >= 4 is 55.3 Å². The molecule has 0 bridgehead atoms. The van der Waals surface area contributed by atoms with E-state index in [0.717, 1.165) is 13.8 Å². The number of nitrogens with zero attached hydrogens (tertiary/aromatic N) is 1. The van der Waals surface area contributed by atoms with Crippen LogP contribution in [0.1, 0.15) is 27.1 Å². The first kappa shape index (κ1) is 16.9. The van der Waals surface area contributed by atoms with Crippen LogP contribution in [0.25, 0.3) is 0 Å². The lowest BCUT2D eigenvalue weighted by Gasteiger charge is -2.13. The van der Waals surface area contributed by atoms with Gasteiger partial charge in [0.1, 0.15) is 0 Å². The van der Waals surface area contributed by atoms with Crippen molar-refractivity contribution in [1.29, 1.82) is 0 Å². The van der Waals surface area contributed by atoms with Gasteiger partial charge in [-0.15, -0.1) is 0 Å². The van der Waals surface area contributed by atoms with E-state index >= 15 is 0 Å². The number of rotatable bonds is 4. The third-order valence-electron chi connectivity index (χ3n) is 3.64. The zero-order valence-corrected chi connectivity index (χ0v) is 15.6. The Balaban J connectivity index is 1.65. The highest BCUT2D eigenvalue weighted by molar-refractivity contribution is 9.10. The number of imide groups is 1. The van der Waals surface area contributed by atoms with Gasteiger partial charge in [-0.2, -0.15) is 0 Å². The molecule has 24 heavy (non-hydrogen) atoms. The van der Waals surface area contributed by atoms with Crippen molar-refractivity contribution in [1.82, 2.24) is 4.90 Å². The maximum atomic E-state index is 12.3. The Hall–Kier alpha value is -1.99. The summed E-state index contributed by atoms with van der Waals surface area (Å²) in [5.74, 6) is -0.999. The second kappa shape index (κ2) is 6.86. The zero-order valence-electron chi connectivity index (χ0n) is 12.4. The van der Waals surface area contributed by atoms with Crippen molar-refractivity contribution in [3.8, 4) is 0 Å². The lowest BCUT2D eigenvalue weighted by molar-refractivity contribution is -0.116. The molecule has 0 unspecified atom stereocenters. The van der Waals surface area contributed by atoms with Gasteiger partial charge in [0.05, 0.1) is 16.8 Å². The number of amides is 3. The smallest absolute Gasteiger partial charge is 0.261 e. The fraction of sp³-hybridized carbons (Fsp3) is 0.118. The number of hydrogen-bond donors (Lipinski definition) is 1. The summed E-state index contributed by atoms with van der Waals surface area (Å²) in [5.41, 5.74) is 1.38. The maximum Gasteiger partial charge on any atom is 0.261 e. The minimum atomic E-state index is -0.370. The second-order valence-corrected chi connectivity index (χ2v) is 7.00. The van der Waals surface area contributed by atoms with E-state index in [1.807, 2.05) is 18.2 Å². The number of carbonyl (C=O) groups is 3. The number of nitrogens with one attached hydrogen (secondary N) is 1. The number of para-hydroxylation sites is 1. The summed E-state index contributed by atoms with van der Waals surface area (Å²) in [4.78, 5) is 37.8. The molecule has 7 heteroatoms. The van der Waals surface area contributed by atoms with Crippen LogP contribution in [0.15, 0.2) is 51.4 Å². The minimum Gasteiger partial charge on any atom is -0.325 e. The number of carbonyl (C=O) groups excluding carboxylic acids is 3. The highest BCUT2D eigenvalue weighted by Crippen LogP contribution is 2.26. The van der Waals surface area contributed by atoms with Crippen LogP contribution < -0.4 is 5.32 Å². The molecule has 5 nitrogen and oxygen atoms in total. The molecule has 0 spiro atoms. The van der Waals surface area contributed by atoms with Crippen LogP contribution in [0.2, 0.25) is 0 Å². The Morgan fingerprint density at radius 1 is 1.00 bits per heavy atom. The summed E-state index contributed by atoms with van der Waals surface area (Å²) >= 11 is 6.64. The van der Waals surface area contributed by atoms with Gasteiger partial charge in [0.2, 0.25) is 5.91 Å². The van der Waals surface area contributed by atoms with Gasteiger partial charge in [0.25, 0.3) is 11.8 Å². The van der Waals surface area contributed by atoms with Crippen molar-refractivity contribution in [2.24, 2.45) is 0 Å². The summed E-state index contributed by atoms with van der Waals surface area (Å²) in [6.45, 7) is 0.0419. The van der Waals surface area contributed by atoms with E-state index in [1.54, 1.807) is 24.3 Å². The zero-order chi connectivity index (χ0) is 17.3. The third kappa shape index (κ3) is 3.27. The van der Waals surface area contributed by atoms with E-state index in [0.29, 0.717) is 16.8 Å². The largest absolute Gasteiger partial charge is 0.325 e. The minimum absolute atomic E-state index is 0.0357. The molecule has 0 fully saturated rings. The monoisotopic (exact) mass is 450 g/mol. The first-order valence-corrected chi connectivity index (χ1v) is 8.76. The molecule has 0 saturated heterocycles. The maximum absolute atomic E-state index is 12.3. The highest BCUT2D eigenvalue weighted by Gasteiger charge is 2.35. The molecule has 2 aromatic rings. The fourth-order valence-electron chi connectivity index (χ4n) is 2.45. The highest BCUT2D eigenvalue weighted by atomic mass is 79.9. The number of anilines is 1. The lowest BCUT2D eigenvalue weighted by Crippen LogP contribution is -2.32. The summed E-state index contributed by atoms with van der Waals surface area (Å²) in [5, 5.41) is 2.75. The number of hydrogen-bond acceptors (Lipinski definition) is 3. The number of benzene rings is 2. The Bertz CT molecular complexity index is 851. The van der Waals surface area contributed by atoms with Crippen LogP contribution in [-0.4, -0.2) is 29.2 Å². The Morgan fingerprint density at radius 2 is 1.71 bits per heavy atom. The van der Waals surface area contributed by atoms with E-state index in [2.05, 4.69) is 37.2 Å². The molecule has 122 valence electrons. The van der Waals surface area contributed by atoms with E-state index in [9.17, 15) is 14.4 Å². The van der Waals surface area contributed by atoms with E-state index in [1.165, 1.54) is 0 Å². The summed E-state index contributed by atoms with van der Waals surface area (Å²) in [6, 6.07) is 12.2. The van der Waals surface area contributed by atoms with E-state index < -0.39 is 0 Å². The molecule has 1 heterocycles. The molecule has 0 aromatic heterocycles. The van der Waals surface area contributed by atoms with Crippen molar-refractivity contribution < 1.29 is 14.4 Å². The lowest BCUT2D eigenvalue weighted by atomic mass is 10.1. The molecule has 0 radical (unpaired) electrons. The Kier molecular flexibility index (Phi) is 4.82. The molecule has 0 aliphatic carbocycles. The van der Waals surface area contributed by atoms with Gasteiger partial charge in [-0.1, -0.05) is 28.1 Å². The summed E-state index contributed by atoms with van der Waals surface area (Å²) < 4.78 is 1.50. The van der Waals surface area contributed by atoms with Crippen LogP contribution in [0.5, 0.6) is 0 Å². The van der Waals surface area contributed by atoms with Gasteiger partial charge in [-0.05, 0) is 46.3 Å². The molecule has 2 aromatic carbocycles. The van der Waals surface area contributed by atoms with Crippen LogP contribution in [0.4, 0.5) is 5.69 Å². The van der Waals surface area contributed by atoms with Gasteiger partial charge in [-0.3, -0.25) is 19.3 Å². The molecule has 3 amide bonds. The molecule has 0 atom stereocenters. The topological polar surface area (TPSA) is 66.5 Å². The van der Waals surface area contributed by atoms with Gasteiger partial charge in [0, 0.05) is 21.9 Å². The molecule has 0 saturated carbocycles. The van der Waals surface area contributed by atoms with Crippen molar-refractivity contribution in [3.05, 3.63) is 62.5 Å². The molecule has 3 rings (SSSR count). The summed E-state index contributed by atoms with van der Waals surface area (Å²) in [7, 11) is 0. The van der Waals surface area contributed by atoms with Crippen LogP contribution in [0, 0.1) is 0 Å². The SMILES string of the molecule is O=C(CCN1C(=O)c2ccc(Br)cc2C1=O)Nc1ccccc1Br. The van der Waals surface area contributed by atoms with E-state index in [4.69, 9.17) is 0 Å². The van der Waals surface area contributed by atoms with Crippen LogP contribution >= 0.6 is 31.9 Å². The molecular weight excluding hydrogens is 440 g/mol. The number of halogens is 2. The van der Waals surface area contributed by atoms with E-state index in [-0.39, 0.29) is 30.7 Å². The van der Waals surface area contributed by atoms with Gasteiger partial charge < -0.3 is 5.32 Å². The van der Waals surface area contributed by atoms with Gasteiger partial charge >= 0.3 is 0 Å². The van der Waals surface area contributed by atoms with Crippen LogP contribution in [0.3, 0.4) is 0 Å². The van der Waals surface area contributed by atoms with Gasteiger partial charge in [0.15, 0.2) is 0 Å². The first-order valence-electron chi connectivity index (χ1n) is 7.17. The van der Waals surface area contributed by atoms with Crippen molar-refractivity contribution in [2.45, 2.75) is 6.42 Å². The standard InChI is InChI=1S/C17H12Br2N2O3/c18-10-5-6-11-12(9-10)17(24)21(16(11)23)8-7-15(22)20-14-4-2-1-3-13(14)19/h1-6,9H,7-8H2,(H,20,22). The fourth-order valence-corrected chi connectivity index (χ4v) is 3.20. The predicted molar refractivity (Wildman–Crippen MR) is 96.9 cm³/mol. The first-order chi connectivity index (χ1) is 11.5. The summed E-state index contributed by atoms with van der Waals surface area (Å²) in [6.07, 6.45) is 0.0357. The van der Waals surface area contributed by atoms with Crippen LogP contribution in [-0.2, 0) is 4.79 Å². The number of fused-ring (bicyclic) bond motifs is 1. The molecule has 1 N–H and O–H groups in total. The molecule has 1 aliphatic rings. The van der Waals surface area contributed by atoms with Crippen molar-refractivity contribution in [3.63, 3.8) is 0 Å². The molecular formula is C17H12Br2N2O3. The Morgan fingerprint density at radius 3 is 2.46 bits per heavy atom. The average Bonchev–Trinajstić information content (AvgIpc) is 2.78. The van der Waals surface area contributed by atoms with Gasteiger partial charge in [-0.25, -0.2) is 0 Å². The third-order valence-corrected chi connectivity index (χ3v) is 4.83. The quantitative estimate of drug-likeness (QED) is 0.718. The second-order valence-electron chi connectivity index (χ2n) is 5.23. The Labute approximate surface area is 155 Å². The predicted octanol–water partition coefficient (Wildman–Crippen LogP) is 3.84. The average molecular weight is 452 g/mol. The normalized spacial score (nSPS) is 13.2. The van der Waals surface area contributed by atoms with Crippen molar-refractivity contribution in [2.75, 3.05) is 11.9 Å².